The van der Waals surface area contributed by atoms with Crippen LogP contribution in [0.4, 0.5) is 11.4 Å². The molecule has 1 fully saturated rings. The molecule has 0 unspecified atom stereocenters. The number of piperazine rings is 1. The van der Waals surface area contributed by atoms with Crippen LogP contribution in [-0.4, -0.2) is 56.3 Å². The summed E-state index contributed by atoms with van der Waals surface area (Å²) in [4.78, 5) is 16.8. The Balaban J connectivity index is 1.67. The minimum Gasteiger partial charge on any atom is -0.493 e. The zero-order valence-corrected chi connectivity index (χ0v) is 15.6. The molecule has 1 aliphatic heterocycles. The molecular formula is C20H25N3O4. The molecule has 1 amide bonds. The van der Waals surface area contributed by atoms with Gasteiger partial charge in [0.25, 0.3) is 5.91 Å². The third-order valence-electron chi connectivity index (χ3n) is 4.86. The number of nitrogen functional groups attached to an aromatic ring is 1. The van der Waals surface area contributed by atoms with Crippen LogP contribution in [0.25, 0.3) is 0 Å². The standard InChI is InChI=1S/C20H25N3O4/c1-26-18-6-3-14(12-19(18)27-2)20(25)23-9-7-22(8-10-23)16-4-5-17(21)15(11-16)13-24/h3-6,11-12,24H,7-10,13,21H2,1-2H3. The van der Waals surface area contributed by atoms with Crippen LogP contribution in [-0.2, 0) is 6.61 Å². The zero-order chi connectivity index (χ0) is 19.4. The third kappa shape index (κ3) is 3.93. The van der Waals surface area contributed by atoms with Gasteiger partial charge in [0.2, 0.25) is 0 Å². The van der Waals surface area contributed by atoms with E-state index in [9.17, 15) is 9.90 Å². The van der Waals surface area contributed by atoms with E-state index in [2.05, 4.69) is 4.90 Å². The van der Waals surface area contributed by atoms with Crippen LogP contribution >= 0.6 is 0 Å². The highest BCUT2D eigenvalue weighted by atomic mass is 16.5. The van der Waals surface area contributed by atoms with Crippen LogP contribution < -0.4 is 20.1 Å². The number of anilines is 2. The lowest BCUT2D eigenvalue weighted by Gasteiger charge is -2.36. The van der Waals surface area contributed by atoms with Crippen LogP contribution in [0, 0.1) is 0 Å². The first-order valence-electron chi connectivity index (χ1n) is 8.83. The smallest absolute Gasteiger partial charge is 0.254 e. The summed E-state index contributed by atoms with van der Waals surface area (Å²) in [5.41, 5.74) is 8.74. The SMILES string of the molecule is COc1ccc(C(=O)N2CCN(c3ccc(N)c(CO)c3)CC2)cc1OC. The van der Waals surface area contributed by atoms with Crippen LogP contribution in [0.15, 0.2) is 36.4 Å². The van der Waals surface area contributed by atoms with Crippen molar-refractivity contribution in [2.24, 2.45) is 0 Å². The molecule has 0 radical (unpaired) electrons. The Morgan fingerprint density at radius 3 is 2.37 bits per heavy atom. The molecule has 0 spiro atoms. The molecule has 27 heavy (non-hydrogen) atoms. The predicted molar refractivity (Wildman–Crippen MR) is 104 cm³/mol. The number of carbonyl (C=O) groups is 1. The number of nitrogens with zero attached hydrogens (tertiary/aromatic N) is 2. The fraction of sp³-hybridized carbons (Fsp3) is 0.350. The van der Waals surface area contributed by atoms with Gasteiger partial charge in [-0.05, 0) is 36.4 Å². The van der Waals surface area contributed by atoms with E-state index in [1.54, 1.807) is 32.4 Å². The zero-order valence-electron chi connectivity index (χ0n) is 15.6. The van der Waals surface area contributed by atoms with Crippen LogP contribution in [0.2, 0.25) is 0 Å². The summed E-state index contributed by atoms with van der Waals surface area (Å²) in [6.07, 6.45) is 0. The second kappa shape index (κ2) is 8.18. The normalized spacial score (nSPS) is 14.2. The predicted octanol–water partition coefficient (Wildman–Crippen LogP) is 1.74. The number of methoxy groups -OCH3 is 2. The third-order valence-corrected chi connectivity index (χ3v) is 4.86. The molecular weight excluding hydrogens is 346 g/mol. The van der Waals surface area contributed by atoms with E-state index in [1.165, 1.54) is 0 Å². The van der Waals surface area contributed by atoms with E-state index in [-0.39, 0.29) is 12.5 Å². The van der Waals surface area contributed by atoms with Gasteiger partial charge in [-0.25, -0.2) is 0 Å². The summed E-state index contributed by atoms with van der Waals surface area (Å²) >= 11 is 0. The Morgan fingerprint density at radius 2 is 1.74 bits per heavy atom. The Bertz CT molecular complexity index is 817. The van der Waals surface area contributed by atoms with Crippen molar-refractivity contribution in [2.75, 3.05) is 51.0 Å². The summed E-state index contributed by atoms with van der Waals surface area (Å²) in [6, 6.07) is 10.9. The Kier molecular flexibility index (Phi) is 5.71. The number of hydrogen-bond donors (Lipinski definition) is 2. The number of aliphatic hydroxyl groups excluding tert-OH is 1. The second-order valence-corrected chi connectivity index (χ2v) is 6.39. The molecule has 7 nitrogen and oxygen atoms in total. The van der Waals surface area contributed by atoms with Gasteiger partial charge in [-0.1, -0.05) is 0 Å². The van der Waals surface area contributed by atoms with E-state index in [0.717, 1.165) is 11.3 Å². The van der Waals surface area contributed by atoms with Crippen molar-refractivity contribution in [3.8, 4) is 11.5 Å². The first-order chi connectivity index (χ1) is 13.1. The first-order valence-corrected chi connectivity index (χ1v) is 8.83. The molecule has 0 saturated carbocycles. The lowest BCUT2D eigenvalue weighted by atomic mass is 10.1. The highest BCUT2D eigenvalue weighted by molar-refractivity contribution is 5.95. The number of hydrogen-bond acceptors (Lipinski definition) is 6. The van der Waals surface area contributed by atoms with Gasteiger partial charge in [0.15, 0.2) is 11.5 Å². The van der Waals surface area contributed by atoms with Crippen molar-refractivity contribution >= 4 is 17.3 Å². The van der Waals surface area contributed by atoms with Crippen LogP contribution in [0.5, 0.6) is 11.5 Å². The van der Waals surface area contributed by atoms with Crippen molar-refractivity contribution in [1.29, 1.82) is 0 Å². The summed E-state index contributed by atoms with van der Waals surface area (Å²) in [5.74, 6) is 1.12. The van der Waals surface area contributed by atoms with Crippen molar-refractivity contribution in [3.63, 3.8) is 0 Å². The van der Waals surface area contributed by atoms with Crippen LogP contribution in [0.1, 0.15) is 15.9 Å². The molecule has 1 heterocycles. The Morgan fingerprint density at radius 1 is 1.04 bits per heavy atom. The average Bonchev–Trinajstić information content (AvgIpc) is 2.73. The van der Waals surface area contributed by atoms with E-state index in [0.29, 0.717) is 48.9 Å². The first kappa shape index (κ1) is 18.8. The molecule has 1 aliphatic rings. The number of ether oxygens (including phenoxy) is 2. The number of carbonyl (C=O) groups excluding carboxylic acids is 1. The van der Waals surface area contributed by atoms with Crippen molar-refractivity contribution in [1.82, 2.24) is 4.90 Å². The summed E-state index contributed by atoms with van der Waals surface area (Å²) in [5, 5.41) is 9.39. The maximum Gasteiger partial charge on any atom is 0.254 e. The average molecular weight is 371 g/mol. The summed E-state index contributed by atoms with van der Waals surface area (Å²) < 4.78 is 10.5. The fourth-order valence-corrected chi connectivity index (χ4v) is 3.25. The largest absolute Gasteiger partial charge is 0.493 e. The van der Waals surface area contributed by atoms with E-state index < -0.39 is 0 Å². The minimum absolute atomic E-state index is 0.0241. The van der Waals surface area contributed by atoms with Crippen molar-refractivity contribution in [2.45, 2.75) is 6.61 Å². The Hall–Kier alpha value is -2.93. The van der Waals surface area contributed by atoms with Crippen molar-refractivity contribution < 1.29 is 19.4 Å². The maximum atomic E-state index is 12.8. The van der Waals surface area contributed by atoms with Gasteiger partial charge >= 0.3 is 0 Å². The minimum atomic E-state index is -0.0859. The van der Waals surface area contributed by atoms with E-state index >= 15 is 0 Å². The Labute approximate surface area is 158 Å². The number of nitrogens with two attached hydrogens (primary N) is 1. The lowest BCUT2D eigenvalue weighted by Crippen LogP contribution is -2.48. The van der Waals surface area contributed by atoms with Gasteiger partial charge < -0.3 is 30.1 Å². The molecule has 2 aromatic rings. The number of rotatable bonds is 5. The quantitative estimate of drug-likeness (QED) is 0.779. The molecule has 2 aromatic carbocycles. The lowest BCUT2D eigenvalue weighted by molar-refractivity contribution is 0.0746. The van der Waals surface area contributed by atoms with Gasteiger partial charge in [-0.3, -0.25) is 4.79 Å². The molecule has 144 valence electrons. The fourth-order valence-electron chi connectivity index (χ4n) is 3.25. The molecule has 0 atom stereocenters. The van der Waals surface area contributed by atoms with E-state index in [4.69, 9.17) is 15.2 Å². The maximum absolute atomic E-state index is 12.8. The summed E-state index contributed by atoms with van der Waals surface area (Å²) in [6.45, 7) is 2.58. The topological polar surface area (TPSA) is 88.3 Å². The number of aliphatic hydroxyl groups is 1. The molecule has 3 N–H and O–H groups in total. The van der Waals surface area contributed by atoms with Crippen molar-refractivity contribution in [3.05, 3.63) is 47.5 Å². The van der Waals surface area contributed by atoms with Gasteiger partial charge in [0.1, 0.15) is 0 Å². The van der Waals surface area contributed by atoms with Gasteiger partial charge in [-0.15, -0.1) is 0 Å². The molecule has 0 bridgehead atoms. The highest BCUT2D eigenvalue weighted by Gasteiger charge is 2.23. The summed E-state index contributed by atoms with van der Waals surface area (Å²) in [7, 11) is 3.12. The number of benzene rings is 2. The van der Waals surface area contributed by atoms with E-state index in [1.807, 2.05) is 23.1 Å². The van der Waals surface area contributed by atoms with Crippen LogP contribution in [0.3, 0.4) is 0 Å². The monoisotopic (exact) mass is 371 g/mol. The molecule has 3 rings (SSSR count). The van der Waals surface area contributed by atoms with Gasteiger partial charge in [-0.2, -0.15) is 0 Å². The molecule has 0 aliphatic carbocycles. The van der Waals surface area contributed by atoms with Gasteiger partial charge in [0, 0.05) is 48.7 Å². The second-order valence-electron chi connectivity index (χ2n) is 6.39. The highest BCUT2D eigenvalue weighted by Crippen LogP contribution is 2.28. The number of amides is 1. The molecule has 1 saturated heterocycles. The molecule has 0 aromatic heterocycles. The van der Waals surface area contributed by atoms with Gasteiger partial charge in [0.05, 0.1) is 20.8 Å². The molecule has 7 heteroatoms.